The number of rotatable bonds is 6. The van der Waals surface area contributed by atoms with E-state index in [4.69, 9.17) is 4.74 Å². The summed E-state index contributed by atoms with van der Waals surface area (Å²) >= 11 is 0. The third-order valence-electron chi connectivity index (χ3n) is 6.42. The minimum atomic E-state index is -0.628. The fourth-order valence-corrected chi connectivity index (χ4v) is 4.49. The van der Waals surface area contributed by atoms with Crippen molar-refractivity contribution in [2.45, 2.75) is 32.9 Å². The van der Waals surface area contributed by atoms with E-state index in [-0.39, 0.29) is 5.92 Å². The normalized spacial score (nSPS) is 15.5. The van der Waals surface area contributed by atoms with E-state index in [0.29, 0.717) is 0 Å². The third-order valence-corrected chi connectivity index (χ3v) is 6.42. The summed E-state index contributed by atoms with van der Waals surface area (Å²) in [6, 6.07) is 15.6. The third kappa shape index (κ3) is 4.50. The van der Waals surface area contributed by atoms with Crippen LogP contribution in [0.15, 0.2) is 61.1 Å². The number of piperidine rings is 1. The molecule has 2 aromatic carbocycles. The Kier molecular flexibility index (Phi) is 5.88. The summed E-state index contributed by atoms with van der Waals surface area (Å²) in [5, 5.41) is 15.4. The van der Waals surface area contributed by atoms with Gasteiger partial charge in [0.15, 0.2) is 0 Å². The van der Waals surface area contributed by atoms with Gasteiger partial charge in [-0.25, -0.2) is 9.97 Å². The number of aliphatic hydroxyl groups is 1. The molecule has 1 fully saturated rings. The summed E-state index contributed by atoms with van der Waals surface area (Å²) in [4.78, 5) is 14.4. The lowest BCUT2D eigenvalue weighted by Gasteiger charge is -2.35. The summed E-state index contributed by atoms with van der Waals surface area (Å²) in [5.74, 6) is 2.66. The Hall–Kier alpha value is -3.58. The van der Waals surface area contributed by atoms with Crippen molar-refractivity contribution in [1.29, 1.82) is 0 Å². The highest BCUT2D eigenvalue weighted by atomic mass is 16.5. The van der Waals surface area contributed by atoms with Crippen LogP contribution in [0.2, 0.25) is 0 Å². The SMILES string of the molecule is Cc1ccc(Oc2ccccc2)cc1NC(O)C1CCN(c2ncnc3[nH]cc(C)c23)CC1. The van der Waals surface area contributed by atoms with Gasteiger partial charge >= 0.3 is 0 Å². The van der Waals surface area contributed by atoms with Crippen molar-refractivity contribution < 1.29 is 9.84 Å². The number of nitrogens with zero attached hydrogens (tertiary/aromatic N) is 3. The average molecular weight is 444 g/mol. The number of nitrogens with one attached hydrogen (secondary N) is 2. The summed E-state index contributed by atoms with van der Waals surface area (Å²) in [5.41, 5.74) is 3.98. The number of aryl methyl sites for hydroxylation is 2. The maximum Gasteiger partial charge on any atom is 0.143 e. The number of fused-ring (bicyclic) bond motifs is 1. The van der Waals surface area contributed by atoms with Gasteiger partial charge in [0.25, 0.3) is 0 Å². The Morgan fingerprint density at radius 3 is 2.61 bits per heavy atom. The molecular weight excluding hydrogens is 414 g/mol. The van der Waals surface area contributed by atoms with Crippen LogP contribution in [-0.4, -0.2) is 39.4 Å². The highest BCUT2D eigenvalue weighted by molar-refractivity contribution is 5.90. The highest BCUT2D eigenvalue weighted by Crippen LogP contribution is 2.32. The molecule has 4 aromatic rings. The van der Waals surface area contributed by atoms with Crippen LogP contribution in [0.4, 0.5) is 11.5 Å². The van der Waals surface area contributed by atoms with Gasteiger partial charge in [0.1, 0.15) is 35.5 Å². The molecule has 0 bridgehead atoms. The number of aliphatic hydroxyl groups excluding tert-OH is 1. The zero-order valence-corrected chi connectivity index (χ0v) is 19.0. The molecule has 5 rings (SSSR count). The van der Waals surface area contributed by atoms with E-state index in [1.165, 1.54) is 0 Å². The lowest BCUT2D eigenvalue weighted by molar-refractivity contribution is 0.117. The standard InChI is InChI=1S/C26H29N5O2/c1-17-8-9-21(33-20-6-4-3-5-7-20)14-22(17)30-26(32)19-10-12-31(13-11-19)25-23-18(2)15-27-24(23)28-16-29-25/h3-9,14-16,19,26,30,32H,10-13H2,1-2H3,(H,27,28,29). The van der Waals surface area contributed by atoms with Crippen molar-refractivity contribution in [1.82, 2.24) is 15.0 Å². The van der Waals surface area contributed by atoms with E-state index in [1.807, 2.05) is 61.7 Å². The molecule has 0 saturated carbocycles. The van der Waals surface area contributed by atoms with Gasteiger partial charge in [0, 0.05) is 37.0 Å². The molecule has 1 saturated heterocycles. The van der Waals surface area contributed by atoms with Gasteiger partial charge in [-0.3, -0.25) is 0 Å². The number of hydrogen-bond acceptors (Lipinski definition) is 6. The van der Waals surface area contributed by atoms with Crippen LogP contribution in [0.3, 0.4) is 0 Å². The molecule has 1 aliphatic rings. The molecule has 1 atom stereocenters. The van der Waals surface area contributed by atoms with E-state index in [9.17, 15) is 5.11 Å². The van der Waals surface area contributed by atoms with Crippen LogP contribution < -0.4 is 15.0 Å². The number of H-pyrrole nitrogens is 1. The molecule has 7 nitrogen and oxygen atoms in total. The fraction of sp³-hybridized carbons (Fsp3) is 0.308. The molecular formula is C26H29N5O2. The highest BCUT2D eigenvalue weighted by Gasteiger charge is 2.27. The van der Waals surface area contributed by atoms with E-state index < -0.39 is 6.23 Å². The van der Waals surface area contributed by atoms with E-state index >= 15 is 0 Å². The second-order valence-corrected chi connectivity index (χ2v) is 8.70. The summed E-state index contributed by atoms with van der Waals surface area (Å²) in [6.45, 7) is 5.79. The molecule has 3 heterocycles. The van der Waals surface area contributed by atoms with Gasteiger partial charge in [-0.05, 0) is 56.0 Å². The first kappa shape index (κ1) is 21.3. The van der Waals surface area contributed by atoms with Gasteiger partial charge in [0.05, 0.1) is 5.39 Å². The largest absolute Gasteiger partial charge is 0.457 e. The predicted molar refractivity (Wildman–Crippen MR) is 131 cm³/mol. The Bertz CT molecular complexity index is 1230. The lowest BCUT2D eigenvalue weighted by atomic mass is 9.94. The zero-order valence-electron chi connectivity index (χ0n) is 19.0. The number of para-hydroxylation sites is 1. The molecule has 170 valence electrons. The Morgan fingerprint density at radius 2 is 1.82 bits per heavy atom. The number of aromatic nitrogens is 3. The number of aromatic amines is 1. The first-order chi connectivity index (χ1) is 16.1. The van der Waals surface area contributed by atoms with Crippen molar-refractivity contribution >= 4 is 22.5 Å². The molecule has 1 aliphatic heterocycles. The van der Waals surface area contributed by atoms with Crippen LogP contribution in [0.5, 0.6) is 11.5 Å². The van der Waals surface area contributed by atoms with Gasteiger partial charge < -0.3 is 25.0 Å². The minimum Gasteiger partial charge on any atom is -0.457 e. The van der Waals surface area contributed by atoms with Gasteiger partial charge in [-0.15, -0.1) is 0 Å². The predicted octanol–water partition coefficient (Wildman–Crippen LogP) is 5.01. The summed E-state index contributed by atoms with van der Waals surface area (Å²) in [7, 11) is 0. The number of hydrogen-bond donors (Lipinski definition) is 3. The van der Waals surface area contributed by atoms with Gasteiger partial charge in [-0.1, -0.05) is 24.3 Å². The van der Waals surface area contributed by atoms with Crippen LogP contribution in [0.1, 0.15) is 24.0 Å². The smallest absolute Gasteiger partial charge is 0.143 e. The molecule has 0 spiro atoms. The minimum absolute atomic E-state index is 0.156. The first-order valence-electron chi connectivity index (χ1n) is 11.4. The molecule has 3 N–H and O–H groups in total. The molecule has 0 amide bonds. The fourth-order valence-electron chi connectivity index (χ4n) is 4.49. The molecule has 0 aliphatic carbocycles. The topological polar surface area (TPSA) is 86.3 Å². The van der Waals surface area contributed by atoms with Crippen molar-refractivity contribution in [3.63, 3.8) is 0 Å². The number of benzene rings is 2. The summed E-state index contributed by atoms with van der Waals surface area (Å²) < 4.78 is 5.96. The van der Waals surface area contributed by atoms with Crippen molar-refractivity contribution in [2.24, 2.45) is 5.92 Å². The van der Waals surface area contributed by atoms with Crippen molar-refractivity contribution in [2.75, 3.05) is 23.3 Å². The second kappa shape index (κ2) is 9.11. The Morgan fingerprint density at radius 1 is 1.03 bits per heavy atom. The number of ether oxygens (including phenoxy) is 1. The Balaban J connectivity index is 1.24. The van der Waals surface area contributed by atoms with Crippen LogP contribution in [-0.2, 0) is 0 Å². The molecule has 7 heteroatoms. The molecule has 0 radical (unpaired) electrons. The van der Waals surface area contributed by atoms with E-state index in [0.717, 1.165) is 71.1 Å². The van der Waals surface area contributed by atoms with E-state index in [2.05, 4.69) is 32.1 Å². The van der Waals surface area contributed by atoms with Crippen molar-refractivity contribution in [3.8, 4) is 11.5 Å². The van der Waals surface area contributed by atoms with Crippen LogP contribution in [0.25, 0.3) is 11.0 Å². The maximum atomic E-state index is 11.0. The van der Waals surface area contributed by atoms with Gasteiger partial charge in [-0.2, -0.15) is 0 Å². The Labute approximate surface area is 193 Å². The van der Waals surface area contributed by atoms with Crippen LogP contribution in [0, 0.1) is 19.8 Å². The first-order valence-corrected chi connectivity index (χ1v) is 11.4. The van der Waals surface area contributed by atoms with Gasteiger partial charge in [0.2, 0.25) is 0 Å². The monoisotopic (exact) mass is 443 g/mol. The summed E-state index contributed by atoms with van der Waals surface area (Å²) in [6.07, 6.45) is 4.72. The van der Waals surface area contributed by atoms with Crippen LogP contribution >= 0.6 is 0 Å². The molecule has 33 heavy (non-hydrogen) atoms. The average Bonchev–Trinajstić information content (AvgIpc) is 3.23. The lowest BCUT2D eigenvalue weighted by Crippen LogP contribution is -2.40. The second-order valence-electron chi connectivity index (χ2n) is 8.70. The number of anilines is 2. The van der Waals surface area contributed by atoms with Crippen molar-refractivity contribution in [3.05, 3.63) is 72.2 Å². The molecule has 2 aromatic heterocycles. The quantitative estimate of drug-likeness (QED) is 0.363. The van der Waals surface area contributed by atoms with E-state index in [1.54, 1.807) is 6.33 Å². The molecule has 1 unspecified atom stereocenters. The zero-order chi connectivity index (χ0) is 22.8. The maximum absolute atomic E-state index is 11.0.